The number of hydrogen-bond donors (Lipinski definition) is 0. The molecule has 0 N–H and O–H groups in total. The molecule has 0 unspecified atom stereocenters. The Morgan fingerprint density at radius 1 is 0.474 bits per heavy atom. The molecule has 0 spiro atoms. The number of imidazole rings is 4. The first kappa shape index (κ1) is 20.0. The summed E-state index contributed by atoms with van der Waals surface area (Å²) in [7, 11) is 0. The predicted octanol–water partition coefficient (Wildman–Crippen LogP) is 7.77. The molecule has 178 valence electrons. The van der Waals surface area contributed by atoms with Gasteiger partial charge in [0.05, 0.1) is 33.1 Å². The highest BCUT2D eigenvalue weighted by Crippen LogP contribution is 2.38. The zero-order chi connectivity index (χ0) is 25.0. The van der Waals surface area contributed by atoms with Crippen LogP contribution < -0.4 is 0 Å². The number of aryl methyl sites for hydroxylation is 1. The van der Waals surface area contributed by atoms with Crippen LogP contribution in [-0.4, -0.2) is 23.2 Å². The van der Waals surface area contributed by atoms with E-state index < -0.39 is 0 Å². The quantitative estimate of drug-likeness (QED) is 0.250. The lowest BCUT2D eigenvalue weighted by Gasteiger charge is -2.10. The van der Waals surface area contributed by atoms with Gasteiger partial charge in [-0.2, -0.15) is 0 Å². The molecule has 5 aromatic carbocycles. The van der Waals surface area contributed by atoms with Crippen LogP contribution in [0.5, 0.6) is 0 Å². The average Bonchev–Trinajstić information content (AvgIpc) is 3.68. The number of aromatic nitrogens is 5. The summed E-state index contributed by atoms with van der Waals surface area (Å²) in [5.74, 6) is 1.79. The predicted molar refractivity (Wildman–Crippen MR) is 154 cm³/mol. The van der Waals surface area contributed by atoms with Gasteiger partial charge in [0.15, 0.2) is 0 Å². The van der Waals surface area contributed by atoms with Gasteiger partial charge in [-0.3, -0.25) is 8.80 Å². The molecule has 0 amide bonds. The molecule has 0 bridgehead atoms. The molecular formula is C33H21N5. The second-order valence-corrected chi connectivity index (χ2v) is 10.1. The molecule has 5 heteroatoms. The molecule has 0 saturated carbocycles. The third kappa shape index (κ3) is 2.45. The van der Waals surface area contributed by atoms with Crippen LogP contribution in [-0.2, 0) is 0 Å². The van der Waals surface area contributed by atoms with Gasteiger partial charge in [0.25, 0.3) is 0 Å². The maximum Gasteiger partial charge on any atom is 0.223 e. The summed E-state index contributed by atoms with van der Waals surface area (Å²) < 4.78 is 6.79. The first-order valence-electron chi connectivity index (χ1n) is 12.9. The van der Waals surface area contributed by atoms with E-state index >= 15 is 0 Å². The molecule has 0 aliphatic heterocycles. The molecule has 5 nitrogen and oxygen atoms in total. The summed E-state index contributed by atoms with van der Waals surface area (Å²) >= 11 is 0. The maximum absolute atomic E-state index is 5.06. The fourth-order valence-corrected chi connectivity index (χ4v) is 6.22. The topological polar surface area (TPSA) is 39.0 Å². The highest BCUT2D eigenvalue weighted by Gasteiger charge is 2.24. The zero-order valence-electron chi connectivity index (χ0n) is 20.6. The molecule has 0 aliphatic carbocycles. The van der Waals surface area contributed by atoms with Crippen LogP contribution in [0.3, 0.4) is 0 Å². The van der Waals surface area contributed by atoms with E-state index in [1.807, 2.05) is 12.1 Å². The minimum atomic E-state index is 0.893. The van der Waals surface area contributed by atoms with Gasteiger partial charge in [-0.1, -0.05) is 72.8 Å². The van der Waals surface area contributed by atoms with Crippen molar-refractivity contribution in [2.45, 2.75) is 6.92 Å². The minimum Gasteiger partial charge on any atom is -0.276 e. The number of benzene rings is 5. The Bertz CT molecular complexity index is 2230. The summed E-state index contributed by atoms with van der Waals surface area (Å²) in [6.07, 6.45) is 0. The van der Waals surface area contributed by atoms with Crippen LogP contribution in [0.15, 0.2) is 109 Å². The summed E-state index contributed by atoms with van der Waals surface area (Å²) in [6.45, 7) is 2.21. The van der Waals surface area contributed by atoms with Crippen molar-refractivity contribution in [1.29, 1.82) is 0 Å². The highest BCUT2D eigenvalue weighted by molar-refractivity contribution is 6.06. The van der Waals surface area contributed by atoms with Gasteiger partial charge in [0.2, 0.25) is 11.6 Å². The summed E-state index contributed by atoms with van der Waals surface area (Å²) in [6, 6.07) is 38.7. The van der Waals surface area contributed by atoms with E-state index in [2.05, 4.69) is 117 Å². The van der Waals surface area contributed by atoms with Crippen molar-refractivity contribution in [3.05, 3.63) is 115 Å². The normalized spacial score (nSPS) is 12.3. The molecule has 9 rings (SSSR count). The summed E-state index contributed by atoms with van der Waals surface area (Å²) in [5, 5.41) is 0. The van der Waals surface area contributed by atoms with Gasteiger partial charge in [0, 0.05) is 0 Å². The second-order valence-electron chi connectivity index (χ2n) is 10.1. The number of hydrogen-bond acceptors (Lipinski definition) is 2. The van der Waals surface area contributed by atoms with Gasteiger partial charge in [0.1, 0.15) is 5.52 Å². The van der Waals surface area contributed by atoms with Gasteiger partial charge in [-0.15, -0.1) is 0 Å². The van der Waals surface area contributed by atoms with Crippen molar-refractivity contribution < 1.29 is 0 Å². The molecule has 4 aromatic heterocycles. The Hall–Kier alpha value is -5.16. The third-order valence-electron chi connectivity index (χ3n) is 7.91. The van der Waals surface area contributed by atoms with Crippen molar-refractivity contribution in [3.63, 3.8) is 0 Å². The Morgan fingerprint density at radius 3 is 1.66 bits per heavy atom. The molecule has 0 saturated heterocycles. The molecule has 0 fully saturated rings. The largest absolute Gasteiger partial charge is 0.276 e. The Kier molecular flexibility index (Phi) is 3.67. The lowest BCUT2D eigenvalue weighted by Crippen LogP contribution is -1.90. The highest BCUT2D eigenvalue weighted by atomic mass is 15.3. The number of nitrogens with zero attached hydrogens (tertiary/aromatic N) is 5. The lowest BCUT2D eigenvalue weighted by atomic mass is 9.95. The van der Waals surface area contributed by atoms with Crippen molar-refractivity contribution >= 4 is 50.2 Å². The first-order chi connectivity index (χ1) is 18.8. The van der Waals surface area contributed by atoms with Gasteiger partial charge in [-0.25, -0.2) is 14.4 Å². The molecule has 0 radical (unpaired) electrons. The van der Waals surface area contributed by atoms with E-state index in [1.165, 1.54) is 27.8 Å². The summed E-state index contributed by atoms with van der Waals surface area (Å²) in [4.78, 5) is 10.1. The summed E-state index contributed by atoms with van der Waals surface area (Å²) in [5.41, 5.74) is 13.7. The van der Waals surface area contributed by atoms with E-state index in [-0.39, 0.29) is 0 Å². The molecule has 38 heavy (non-hydrogen) atoms. The van der Waals surface area contributed by atoms with Crippen LogP contribution in [0.4, 0.5) is 0 Å². The van der Waals surface area contributed by atoms with Crippen molar-refractivity contribution in [1.82, 2.24) is 23.2 Å². The number of rotatable bonds is 2. The monoisotopic (exact) mass is 487 g/mol. The average molecular weight is 488 g/mol. The van der Waals surface area contributed by atoms with E-state index in [4.69, 9.17) is 9.97 Å². The molecule has 0 atom stereocenters. The number of fused-ring (bicyclic) bond motifs is 10. The van der Waals surface area contributed by atoms with Crippen LogP contribution >= 0.6 is 0 Å². The Morgan fingerprint density at radius 2 is 1.05 bits per heavy atom. The smallest absolute Gasteiger partial charge is 0.223 e. The third-order valence-corrected chi connectivity index (χ3v) is 7.91. The van der Waals surface area contributed by atoms with Gasteiger partial charge < -0.3 is 0 Å². The second kappa shape index (κ2) is 6.99. The van der Waals surface area contributed by atoms with Gasteiger partial charge >= 0.3 is 0 Å². The standard InChI is InChI=1S/C33H21N5/c1-20-17-22(21-9-3-2-4-10-21)15-16-24(20)23-18-29-31-30(19-23)37-28-14-8-6-12-26(28)35-33(37)38(31)32-34-25-11-5-7-13-27(25)36(29)32/h2-19H,1H3. The maximum atomic E-state index is 5.06. The van der Waals surface area contributed by atoms with Crippen LogP contribution in [0, 0.1) is 6.92 Å². The zero-order valence-corrected chi connectivity index (χ0v) is 20.6. The van der Waals surface area contributed by atoms with E-state index in [0.29, 0.717) is 0 Å². The van der Waals surface area contributed by atoms with Crippen LogP contribution in [0.2, 0.25) is 0 Å². The van der Waals surface area contributed by atoms with Crippen LogP contribution in [0.25, 0.3) is 72.4 Å². The number of para-hydroxylation sites is 4. The van der Waals surface area contributed by atoms with E-state index in [0.717, 1.165) is 50.2 Å². The lowest BCUT2D eigenvalue weighted by molar-refractivity contribution is 1.15. The fourth-order valence-electron chi connectivity index (χ4n) is 6.22. The SMILES string of the molecule is Cc1cc(-c2ccccc2)ccc1-c1cc2c3c(c1)n1c4ccccc4nc1n3c1nc3ccccc3n21. The van der Waals surface area contributed by atoms with Crippen molar-refractivity contribution in [2.24, 2.45) is 0 Å². The Balaban J connectivity index is 1.43. The fraction of sp³-hybridized carbons (Fsp3) is 0.0303. The minimum absolute atomic E-state index is 0.893. The Labute approximate surface area is 217 Å². The molecule has 0 aliphatic rings. The molecular weight excluding hydrogens is 466 g/mol. The van der Waals surface area contributed by atoms with Crippen LogP contribution in [0.1, 0.15) is 5.56 Å². The van der Waals surface area contributed by atoms with Gasteiger partial charge in [-0.05, 0) is 71.1 Å². The van der Waals surface area contributed by atoms with E-state index in [9.17, 15) is 0 Å². The van der Waals surface area contributed by atoms with Crippen molar-refractivity contribution in [2.75, 3.05) is 0 Å². The van der Waals surface area contributed by atoms with Crippen molar-refractivity contribution in [3.8, 4) is 22.3 Å². The van der Waals surface area contributed by atoms with E-state index in [1.54, 1.807) is 0 Å². The first-order valence-corrected chi connectivity index (χ1v) is 12.9. The molecule has 9 aromatic rings. The molecule has 4 heterocycles.